The van der Waals surface area contributed by atoms with E-state index in [0.717, 1.165) is 5.56 Å². The maximum absolute atomic E-state index is 10.4. The molecule has 4 nitrogen and oxygen atoms in total. The Balaban J connectivity index is 2.70. The highest BCUT2D eigenvalue weighted by atomic mass is 16.4. The first-order valence-electron chi connectivity index (χ1n) is 4.11. The summed E-state index contributed by atoms with van der Waals surface area (Å²) in [7, 11) is 0. The summed E-state index contributed by atoms with van der Waals surface area (Å²) in [5, 5.41) is 17.1. The van der Waals surface area contributed by atoms with E-state index in [1.54, 1.807) is 24.3 Å². The topological polar surface area (TPSA) is 87.1 Å². The lowest BCUT2D eigenvalue weighted by atomic mass is 10.1. The zero-order valence-electron chi connectivity index (χ0n) is 7.47. The molecular formula is C10H10N2O2. The molecule has 0 saturated heterocycles. The molecule has 0 radical (unpaired) electrons. The van der Waals surface area contributed by atoms with E-state index in [-0.39, 0.29) is 6.42 Å². The average Bonchev–Trinajstić information content (AvgIpc) is 2.19. The molecule has 0 spiro atoms. The lowest BCUT2D eigenvalue weighted by molar-refractivity contribution is -0.138. The number of carboxylic acid groups (broad SMARTS) is 1. The lowest BCUT2D eigenvalue weighted by Crippen LogP contribution is -2.32. The van der Waals surface area contributed by atoms with Crippen LogP contribution >= 0.6 is 0 Å². The summed E-state index contributed by atoms with van der Waals surface area (Å²) in [5.74, 6) is -1.02. The number of carboxylic acids is 1. The molecule has 0 heterocycles. The number of carbonyl (C=O) groups is 1. The van der Waals surface area contributed by atoms with Crippen molar-refractivity contribution in [3.8, 4) is 6.07 Å². The van der Waals surface area contributed by atoms with Gasteiger partial charge in [-0.3, -0.25) is 4.79 Å². The van der Waals surface area contributed by atoms with E-state index < -0.39 is 12.0 Å². The minimum Gasteiger partial charge on any atom is -0.480 e. The van der Waals surface area contributed by atoms with E-state index in [1.165, 1.54) is 0 Å². The normalized spacial score (nSPS) is 11.7. The highest BCUT2D eigenvalue weighted by molar-refractivity contribution is 5.73. The van der Waals surface area contributed by atoms with Crippen LogP contribution in [0.2, 0.25) is 0 Å². The highest BCUT2D eigenvalue weighted by Crippen LogP contribution is 2.05. The summed E-state index contributed by atoms with van der Waals surface area (Å²) in [6.07, 6.45) is 0.279. The van der Waals surface area contributed by atoms with E-state index in [4.69, 9.17) is 16.1 Å². The fourth-order valence-electron chi connectivity index (χ4n) is 1.06. The van der Waals surface area contributed by atoms with Gasteiger partial charge in [-0.15, -0.1) is 0 Å². The third kappa shape index (κ3) is 2.57. The van der Waals surface area contributed by atoms with Crippen molar-refractivity contribution in [1.29, 1.82) is 5.26 Å². The molecule has 0 aliphatic rings. The van der Waals surface area contributed by atoms with Crippen molar-refractivity contribution >= 4 is 5.97 Å². The Hall–Kier alpha value is -1.86. The molecular weight excluding hydrogens is 180 g/mol. The van der Waals surface area contributed by atoms with Crippen molar-refractivity contribution in [3.63, 3.8) is 0 Å². The van der Waals surface area contributed by atoms with Gasteiger partial charge in [-0.05, 0) is 24.1 Å². The number of aliphatic carboxylic acids is 1. The van der Waals surface area contributed by atoms with Gasteiger partial charge in [0, 0.05) is 0 Å². The molecule has 1 aromatic carbocycles. The molecule has 0 saturated carbocycles. The van der Waals surface area contributed by atoms with Crippen molar-refractivity contribution in [1.82, 2.24) is 0 Å². The zero-order valence-corrected chi connectivity index (χ0v) is 7.47. The molecule has 0 bridgehead atoms. The van der Waals surface area contributed by atoms with Gasteiger partial charge in [-0.25, -0.2) is 0 Å². The molecule has 1 unspecified atom stereocenters. The van der Waals surface area contributed by atoms with Crippen LogP contribution in [0.1, 0.15) is 11.1 Å². The maximum atomic E-state index is 10.4. The SMILES string of the molecule is N#Cc1ccc(CC(N)C(=O)O)cc1. The molecule has 0 amide bonds. The summed E-state index contributed by atoms with van der Waals surface area (Å²) in [5.41, 5.74) is 6.73. The summed E-state index contributed by atoms with van der Waals surface area (Å²) in [4.78, 5) is 10.4. The van der Waals surface area contributed by atoms with E-state index in [9.17, 15) is 4.79 Å². The van der Waals surface area contributed by atoms with Gasteiger partial charge in [0.05, 0.1) is 11.6 Å². The second-order valence-electron chi connectivity index (χ2n) is 2.96. The molecule has 1 aromatic rings. The number of rotatable bonds is 3. The smallest absolute Gasteiger partial charge is 0.320 e. The second-order valence-corrected chi connectivity index (χ2v) is 2.96. The number of nitriles is 1. The van der Waals surface area contributed by atoms with Crippen molar-refractivity contribution in [2.24, 2.45) is 5.73 Å². The summed E-state index contributed by atoms with van der Waals surface area (Å²) in [6.45, 7) is 0. The summed E-state index contributed by atoms with van der Waals surface area (Å²) in [6, 6.07) is 7.80. The van der Waals surface area contributed by atoms with Gasteiger partial charge in [0.25, 0.3) is 0 Å². The molecule has 1 atom stereocenters. The fourth-order valence-corrected chi connectivity index (χ4v) is 1.06. The lowest BCUT2D eigenvalue weighted by Gasteiger charge is -2.05. The van der Waals surface area contributed by atoms with Crippen LogP contribution in [-0.2, 0) is 11.2 Å². The van der Waals surface area contributed by atoms with Gasteiger partial charge in [0.15, 0.2) is 0 Å². The van der Waals surface area contributed by atoms with Gasteiger partial charge in [-0.1, -0.05) is 12.1 Å². The Morgan fingerprint density at radius 1 is 1.50 bits per heavy atom. The molecule has 0 fully saturated rings. The number of nitrogens with zero attached hydrogens (tertiary/aromatic N) is 1. The third-order valence-corrected chi connectivity index (χ3v) is 1.86. The summed E-state index contributed by atoms with van der Waals surface area (Å²) >= 11 is 0. The molecule has 0 aliphatic heterocycles. The zero-order chi connectivity index (χ0) is 10.6. The highest BCUT2D eigenvalue weighted by Gasteiger charge is 2.11. The number of hydrogen-bond acceptors (Lipinski definition) is 3. The first-order chi connectivity index (χ1) is 6.63. The van der Waals surface area contributed by atoms with Crippen LogP contribution in [-0.4, -0.2) is 17.1 Å². The second kappa shape index (κ2) is 4.40. The molecule has 14 heavy (non-hydrogen) atoms. The molecule has 0 aromatic heterocycles. The third-order valence-electron chi connectivity index (χ3n) is 1.86. The minimum absolute atomic E-state index is 0.279. The van der Waals surface area contributed by atoms with Gasteiger partial charge in [-0.2, -0.15) is 5.26 Å². The Bertz CT molecular complexity index is 365. The largest absolute Gasteiger partial charge is 0.480 e. The Labute approximate surface area is 81.6 Å². The van der Waals surface area contributed by atoms with Gasteiger partial charge in [0.2, 0.25) is 0 Å². The van der Waals surface area contributed by atoms with Crippen LogP contribution in [0.25, 0.3) is 0 Å². The van der Waals surface area contributed by atoms with Crippen LogP contribution in [0.15, 0.2) is 24.3 Å². The van der Waals surface area contributed by atoms with Gasteiger partial charge in [0.1, 0.15) is 6.04 Å². The maximum Gasteiger partial charge on any atom is 0.320 e. The minimum atomic E-state index is -1.02. The van der Waals surface area contributed by atoms with Crippen LogP contribution in [0.5, 0.6) is 0 Å². The Kier molecular flexibility index (Phi) is 3.21. The molecule has 4 heteroatoms. The van der Waals surface area contributed by atoms with Crippen LogP contribution in [0.3, 0.4) is 0 Å². The van der Waals surface area contributed by atoms with Gasteiger partial charge < -0.3 is 10.8 Å². The Morgan fingerprint density at radius 2 is 2.07 bits per heavy atom. The molecule has 72 valence electrons. The average molecular weight is 190 g/mol. The Morgan fingerprint density at radius 3 is 2.50 bits per heavy atom. The van der Waals surface area contributed by atoms with E-state index in [0.29, 0.717) is 5.56 Å². The van der Waals surface area contributed by atoms with Crippen molar-refractivity contribution in [3.05, 3.63) is 35.4 Å². The number of benzene rings is 1. The standard InChI is InChI=1S/C10H10N2O2/c11-6-8-3-1-7(2-4-8)5-9(12)10(13)14/h1-4,9H,5,12H2,(H,13,14). The van der Waals surface area contributed by atoms with E-state index in [1.807, 2.05) is 6.07 Å². The van der Waals surface area contributed by atoms with Crippen LogP contribution in [0, 0.1) is 11.3 Å². The summed E-state index contributed by atoms with van der Waals surface area (Å²) < 4.78 is 0. The van der Waals surface area contributed by atoms with E-state index in [2.05, 4.69) is 0 Å². The quantitative estimate of drug-likeness (QED) is 0.727. The van der Waals surface area contributed by atoms with Crippen LogP contribution < -0.4 is 5.73 Å². The monoisotopic (exact) mass is 190 g/mol. The fraction of sp³-hybridized carbons (Fsp3) is 0.200. The predicted molar refractivity (Wildman–Crippen MR) is 50.5 cm³/mol. The first kappa shape index (κ1) is 10.2. The molecule has 1 rings (SSSR count). The number of nitrogens with two attached hydrogens (primary N) is 1. The first-order valence-corrected chi connectivity index (χ1v) is 4.11. The molecule has 0 aliphatic carbocycles. The van der Waals surface area contributed by atoms with Crippen molar-refractivity contribution in [2.45, 2.75) is 12.5 Å². The number of hydrogen-bond donors (Lipinski definition) is 2. The predicted octanol–water partition coefficient (Wildman–Crippen LogP) is 0.513. The van der Waals surface area contributed by atoms with Gasteiger partial charge >= 0.3 is 5.97 Å². The van der Waals surface area contributed by atoms with Crippen LogP contribution in [0.4, 0.5) is 0 Å². The van der Waals surface area contributed by atoms with E-state index >= 15 is 0 Å². The van der Waals surface area contributed by atoms with Crippen molar-refractivity contribution < 1.29 is 9.90 Å². The van der Waals surface area contributed by atoms with Crippen molar-refractivity contribution in [2.75, 3.05) is 0 Å². The molecule has 3 N–H and O–H groups in total.